The summed E-state index contributed by atoms with van der Waals surface area (Å²) in [5, 5.41) is 0. The number of nitrogens with two attached hydrogens (primary N) is 2. The highest BCUT2D eigenvalue weighted by atomic mass is 14.6. The predicted octanol–water partition coefficient (Wildman–Crippen LogP) is 2.91. The van der Waals surface area contributed by atoms with Gasteiger partial charge in [0.2, 0.25) is 0 Å². The van der Waals surface area contributed by atoms with Gasteiger partial charge in [-0.05, 0) is 37.8 Å². The van der Waals surface area contributed by atoms with E-state index in [-0.39, 0.29) is 0 Å². The van der Waals surface area contributed by atoms with E-state index in [4.69, 9.17) is 11.5 Å². The molecule has 0 aliphatic heterocycles. The minimum atomic E-state index is 0.704. The molecule has 2 unspecified atom stereocenters. The van der Waals surface area contributed by atoms with Crippen molar-refractivity contribution in [3.05, 3.63) is 0 Å². The number of hydrogen-bond acceptors (Lipinski definition) is 2. The van der Waals surface area contributed by atoms with Crippen LogP contribution in [0.5, 0.6) is 0 Å². The summed E-state index contributed by atoms with van der Waals surface area (Å²) in [6.45, 7) is 6.20. The zero-order valence-corrected chi connectivity index (χ0v) is 10.7. The molecule has 15 heavy (non-hydrogen) atoms. The Kier molecular flexibility index (Phi) is 10.4. The van der Waals surface area contributed by atoms with Crippen LogP contribution >= 0.6 is 0 Å². The van der Waals surface area contributed by atoms with Gasteiger partial charge in [-0.25, -0.2) is 0 Å². The maximum Gasteiger partial charge on any atom is -0.00462 e. The van der Waals surface area contributed by atoms with Gasteiger partial charge < -0.3 is 11.5 Å². The van der Waals surface area contributed by atoms with E-state index in [2.05, 4.69) is 13.8 Å². The lowest BCUT2D eigenvalue weighted by atomic mass is 9.83. The predicted molar refractivity (Wildman–Crippen MR) is 68.8 cm³/mol. The van der Waals surface area contributed by atoms with Gasteiger partial charge in [-0.15, -0.1) is 0 Å². The Bertz CT molecular complexity index is 126. The van der Waals surface area contributed by atoms with Crippen LogP contribution in [0.15, 0.2) is 0 Å². The van der Waals surface area contributed by atoms with Gasteiger partial charge in [0.25, 0.3) is 0 Å². The third kappa shape index (κ3) is 6.91. The number of rotatable bonds is 10. The first-order valence-corrected chi connectivity index (χ1v) is 6.70. The SMILES string of the molecule is CCCCCC(CC)C(CN)CCCN. The van der Waals surface area contributed by atoms with Gasteiger partial charge in [0.05, 0.1) is 0 Å². The van der Waals surface area contributed by atoms with Crippen LogP contribution in [0.4, 0.5) is 0 Å². The molecule has 0 heterocycles. The maximum absolute atomic E-state index is 5.85. The normalized spacial score (nSPS) is 15.2. The first-order chi connectivity index (χ1) is 7.29. The molecule has 0 radical (unpaired) electrons. The van der Waals surface area contributed by atoms with Crippen molar-refractivity contribution in [2.45, 2.75) is 58.8 Å². The van der Waals surface area contributed by atoms with Crippen molar-refractivity contribution >= 4 is 0 Å². The van der Waals surface area contributed by atoms with Crippen molar-refractivity contribution in [3.63, 3.8) is 0 Å². The zero-order valence-electron chi connectivity index (χ0n) is 10.7. The van der Waals surface area contributed by atoms with Crippen LogP contribution in [0, 0.1) is 11.8 Å². The fraction of sp³-hybridized carbons (Fsp3) is 1.00. The van der Waals surface area contributed by atoms with Gasteiger partial charge in [0.15, 0.2) is 0 Å². The molecular weight excluding hydrogens is 184 g/mol. The first kappa shape index (κ1) is 14.9. The molecule has 2 atom stereocenters. The van der Waals surface area contributed by atoms with E-state index in [1.807, 2.05) is 0 Å². The third-order valence-electron chi connectivity index (χ3n) is 3.45. The summed E-state index contributed by atoms with van der Waals surface area (Å²) in [6, 6.07) is 0. The lowest BCUT2D eigenvalue weighted by molar-refractivity contribution is 0.281. The van der Waals surface area contributed by atoms with Crippen molar-refractivity contribution in [2.75, 3.05) is 13.1 Å². The van der Waals surface area contributed by atoms with Crippen LogP contribution in [0.2, 0.25) is 0 Å². The number of hydrogen-bond donors (Lipinski definition) is 2. The van der Waals surface area contributed by atoms with Gasteiger partial charge in [-0.3, -0.25) is 0 Å². The highest BCUT2D eigenvalue weighted by Crippen LogP contribution is 2.25. The van der Waals surface area contributed by atoms with E-state index in [0.717, 1.165) is 25.4 Å². The Morgan fingerprint density at radius 3 is 2.00 bits per heavy atom. The summed E-state index contributed by atoms with van der Waals surface area (Å²) in [7, 11) is 0. The molecule has 0 rings (SSSR count). The Morgan fingerprint density at radius 2 is 1.53 bits per heavy atom. The lowest BCUT2D eigenvalue weighted by Gasteiger charge is -2.25. The van der Waals surface area contributed by atoms with Crippen LogP contribution < -0.4 is 11.5 Å². The third-order valence-corrected chi connectivity index (χ3v) is 3.45. The second kappa shape index (κ2) is 10.4. The van der Waals surface area contributed by atoms with Crippen molar-refractivity contribution in [1.82, 2.24) is 0 Å². The van der Waals surface area contributed by atoms with Gasteiger partial charge in [-0.2, -0.15) is 0 Å². The Balaban J connectivity index is 3.85. The topological polar surface area (TPSA) is 52.0 Å². The van der Waals surface area contributed by atoms with Crippen molar-refractivity contribution in [3.8, 4) is 0 Å². The minimum Gasteiger partial charge on any atom is -0.330 e. The summed E-state index contributed by atoms with van der Waals surface area (Å²) < 4.78 is 0. The van der Waals surface area contributed by atoms with Crippen LogP contribution in [0.3, 0.4) is 0 Å². The van der Waals surface area contributed by atoms with E-state index in [0.29, 0.717) is 5.92 Å². The molecule has 2 heteroatoms. The highest BCUT2D eigenvalue weighted by Gasteiger charge is 2.17. The first-order valence-electron chi connectivity index (χ1n) is 6.70. The molecule has 0 spiro atoms. The lowest BCUT2D eigenvalue weighted by Crippen LogP contribution is -2.24. The molecular formula is C13H30N2. The largest absolute Gasteiger partial charge is 0.330 e. The van der Waals surface area contributed by atoms with E-state index >= 15 is 0 Å². The van der Waals surface area contributed by atoms with Crippen LogP contribution in [-0.2, 0) is 0 Å². The highest BCUT2D eigenvalue weighted by molar-refractivity contribution is 4.70. The van der Waals surface area contributed by atoms with Gasteiger partial charge in [0.1, 0.15) is 0 Å². The fourth-order valence-electron chi connectivity index (χ4n) is 2.36. The number of unbranched alkanes of at least 4 members (excludes halogenated alkanes) is 2. The summed E-state index contributed by atoms with van der Waals surface area (Å²) in [5.74, 6) is 1.53. The molecule has 0 saturated carbocycles. The van der Waals surface area contributed by atoms with Crippen LogP contribution in [0.1, 0.15) is 58.8 Å². The second-order valence-electron chi connectivity index (χ2n) is 4.59. The molecule has 4 N–H and O–H groups in total. The molecule has 0 aromatic heterocycles. The fourth-order valence-corrected chi connectivity index (χ4v) is 2.36. The quantitative estimate of drug-likeness (QED) is 0.549. The molecule has 0 aromatic carbocycles. The van der Waals surface area contributed by atoms with Crippen molar-refractivity contribution < 1.29 is 0 Å². The molecule has 0 saturated heterocycles. The van der Waals surface area contributed by atoms with Crippen LogP contribution in [0.25, 0.3) is 0 Å². The molecule has 92 valence electrons. The van der Waals surface area contributed by atoms with Gasteiger partial charge in [0, 0.05) is 0 Å². The average Bonchev–Trinajstić information content (AvgIpc) is 2.27. The Labute approximate surface area is 95.8 Å². The Morgan fingerprint density at radius 1 is 0.867 bits per heavy atom. The molecule has 0 aliphatic rings. The maximum atomic E-state index is 5.85. The van der Waals surface area contributed by atoms with Crippen molar-refractivity contribution in [2.24, 2.45) is 23.3 Å². The molecule has 0 aromatic rings. The average molecular weight is 214 g/mol. The van der Waals surface area contributed by atoms with E-state index in [1.165, 1.54) is 38.5 Å². The summed E-state index contributed by atoms with van der Waals surface area (Å²) in [4.78, 5) is 0. The summed E-state index contributed by atoms with van der Waals surface area (Å²) in [5.41, 5.74) is 11.4. The van der Waals surface area contributed by atoms with Crippen LogP contribution in [-0.4, -0.2) is 13.1 Å². The van der Waals surface area contributed by atoms with E-state index in [9.17, 15) is 0 Å². The monoisotopic (exact) mass is 214 g/mol. The van der Waals surface area contributed by atoms with E-state index in [1.54, 1.807) is 0 Å². The molecule has 0 fully saturated rings. The van der Waals surface area contributed by atoms with Crippen molar-refractivity contribution in [1.29, 1.82) is 0 Å². The van der Waals surface area contributed by atoms with Gasteiger partial charge >= 0.3 is 0 Å². The minimum absolute atomic E-state index is 0.704. The second-order valence-corrected chi connectivity index (χ2v) is 4.59. The van der Waals surface area contributed by atoms with E-state index < -0.39 is 0 Å². The zero-order chi connectivity index (χ0) is 11.5. The molecule has 2 nitrogen and oxygen atoms in total. The smallest absolute Gasteiger partial charge is 0.00462 e. The molecule has 0 amide bonds. The Hall–Kier alpha value is -0.0800. The standard InChI is InChI=1S/C13H30N2/c1-3-5-6-8-12(4-2)13(11-15)9-7-10-14/h12-13H,3-11,14-15H2,1-2H3. The molecule has 0 bridgehead atoms. The summed E-state index contributed by atoms with van der Waals surface area (Å²) in [6.07, 6.45) is 9.03. The molecule has 0 aliphatic carbocycles. The van der Waals surface area contributed by atoms with Gasteiger partial charge in [-0.1, -0.05) is 46.0 Å². The summed E-state index contributed by atoms with van der Waals surface area (Å²) >= 11 is 0.